The Bertz CT molecular complexity index is 293. The Labute approximate surface area is 134 Å². The average molecular weight is 293 g/mol. The summed E-state index contributed by atoms with van der Waals surface area (Å²) >= 11 is 0. The van der Waals surface area contributed by atoms with E-state index in [4.69, 9.17) is 0 Å². The van der Waals surface area contributed by atoms with Crippen molar-refractivity contribution in [1.29, 1.82) is 0 Å². The summed E-state index contributed by atoms with van der Waals surface area (Å²) in [6.07, 6.45) is 10.7. The van der Waals surface area contributed by atoms with Crippen molar-refractivity contribution in [3.05, 3.63) is 0 Å². The van der Waals surface area contributed by atoms with Gasteiger partial charge >= 0.3 is 0 Å². The van der Waals surface area contributed by atoms with Crippen LogP contribution in [0.15, 0.2) is 0 Å². The average Bonchev–Trinajstić information content (AvgIpc) is 2.46. The largest absolute Gasteiger partial charge is 0.0625 e. The van der Waals surface area contributed by atoms with E-state index < -0.39 is 0 Å². The second-order valence-electron chi connectivity index (χ2n) is 9.31. The SMILES string of the molecule is CC(C)C1CCC(C2CCC(C(C)C)C(C(C)C)C2)CC1. The Kier molecular flexibility index (Phi) is 6.21. The highest BCUT2D eigenvalue weighted by Crippen LogP contribution is 2.48. The van der Waals surface area contributed by atoms with E-state index >= 15 is 0 Å². The van der Waals surface area contributed by atoms with Crippen LogP contribution in [-0.4, -0.2) is 0 Å². The molecule has 2 aliphatic rings. The number of hydrogen-bond acceptors (Lipinski definition) is 0. The van der Waals surface area contributed by atoms with E-state index in [2.05, 4.69) is 41.5 Å². The third kappa shape index (κ3) is 4.26. The molecule has 0 radical (unpaired) electrons. The van der Waals surface area contributed by atoms with Crippen molar-refractivity contribution >= 4 is 0 Å². The minimum Gasteiger partial charge on any atom is -0.0625 e. The third-order valence-corrected chi connectivity index (χ3v) is 7.13. The molecule has 0 amide bonds. The Balaban J connectivity index is 1.91. The summed E-state index contributed by atoms with van der Waals surface area (Å²) in [5.41, 5.74) is 0. The molecule has 0 aliphatic heterocycles. The van der Waals surface area contributed by atoms with E-state index in [1.54, 1.807) is 0 Å². The van der Waals surface area contributed by atoms with E-state index in [0.717, 1.165) is 47.3 Å². The topological polar surface area (TPSA) is 0 Å². The fraction of sp³-hybridized carbons (Fsp3) is 1.00. The smallest absolute Gasteiger partial charge is 0.0357 e. The minimum atomic E-state index is 0.882. The first-order valence-electron chi connectivity index (χ1n) is 9.90. The van der Waals surface area contributed by atoms with Crippen LogP contribution in [-0.2, 0) is 0 Å². The maximum atomic E-state index is 2.47. The summed E-state index contributed by atoms with van der Waals surface area (Å²) in [7, 11) is 0. The van der Waals surface area contributed by atoms with E-state index in [9.17, 15) is 0 Å². The van der Waals surface area contributed by atoms with Gasteiger partial charge in [-0.1, -0.05) is 41.5 Å². The lowest BCUT2D eigenvalue weighted by atomic mass is 9.61. The van der Waals surface area contributed by atoms with Crippen molar-refractivity contribution in [2.75, 3.05) is 0 Å². The van der Waals surface area contributed by atoms with Crippen LogP contribution in [0.5, 0.6) is 0 Å². The van der Waals surface area contributed by atoms with Gasteiger partial charge in [0.15, 0.2) is 0 Å². The Morgan fingerprint density at radius 3 is 1.52 bits per heavy atom. The molecule has 0 aromatic heterocycles. The summed E-state index contributed by atoms with van der Waals surface area (Å²) in [4.78, 5) is 0. The van der Waals surface area contributed by atoms with Gasteiger partial charge < -0.3 is 0 Å². The molecular weight excluding hydrogens is 252 g/mol. The zero-order chi connectivity index (χ0) is 15.6. The Morgan fingerprint density at radius 1 is 0.524 bits per heavy atom. The third-order valence-electron chi connectivity index (χ3n) is 7.13. The summed E-state index contributed by atoms with van der Waals surface area (Å²) in [6.45, 7) is 14.7. The lowest BCUT2D eigenvalue weighted by Gasteiger charge is -2.45. The summed E-state index contributed by atoms with van der Waals surface area (Å²) in [6, 6.07) is 0. The van der Waals surface area contributed by atoms with Gasteiger partial charge in [0.1, 0.15) is 0 Å². The van der Waals surface area contributed by atoms with Crippen molar-refractivity contribution in [2.24, 2.45) is 47.3 Å². The molecule has 2 aliphatic carbocycles. The van der Waals surface area contributed by atoms with E-state index in [-0.39, 0.29) is 0 Å². The van der Waals surface area contributed by atoms with E-state index in [1.807, 2.05) is 0 Å². The Morgan fingerprint density at radius 2 is 1.05 bits per heavy atom. The molecule has 0 aromatic rings. The van der Waals surface area contributed by atoms with Gasteiger partial charge in [-0.2, -0.15) is 0 Å². The second-order valence-corrected chi connectivity index (χ2v) is 9.31. The molecule has 0 heterocycles. The summed E-state index contributed by atoms with van der Waals surface area (Å²) < 4.78 is 0. The predicted molar refractivity (Wildman–Crippen MR) is 94.3 cm³/mol. The van der Waals surface area contributed by atoms with Crippen molar-refractivity contribution in [2.45, 2.75) is 86.5 Å². The van der Waals surface area contributed by atoms with Crippen molar-refractivity contribution in [3.63, 3.8) is 0 Å². The molecule has 0 saturated heterocycles. The van der Waals surface area contributed by atoms with Crippen LogP contribution in [0, 0.1) is 47.3 Å². The molecule has 124 valence electrons. The van der Waals surface area contributed by atoms with Gasteiger partial charge in [-0.05, 0) is 92.3 Å². The Hall–Kier alpha value is 0. The highest BCUT2D eigenvalue weighted by Gasteiger charge is 2.38. The predicted octanol–water partition coefficient (Wildman–Crippen LogP) is 6.79. The second kappa shape index (κ2) is 7.51. The molecule has 0 heteroatoms. The summed E-state index contributed by atoms with van der Waals surface area (Å²) in [5.74, 6) is 7.80. The first-order chi connectivity index (χ1) is 9.90. The zero-order valence-corrected chi connectivity index (χ0v) is 15.6. The van der Waals surface area contributed by atoms with Crippen molar-refractivity contribution in [1.82, 2.24) is 0 Å². The minimum absolute atomic E-state index is 0.882. The molecular formula is C21H40. The van der Waals surface area contributed by atoms with Gasteiger partial charge in [0.2, 0.25) is 0 Å². The molecule has 0 aromatic carbocycles. The van der Waals surface area contributed by atoms with Crippen LogP contribution in [0.25, 0.3) is 0 Å². The maximum absolute atomic E-state index is 2.47. The molecule has 21 heavy (non-hydrogen) atoms. The highest BCUT2D eigenvalue weighted by atomic mass is 14.4. The molecule has 3 unspecified atom stereocenters. The molecule has 2 saturated carbocycles. The van der Waals surface area contributed by atoms with Gasteiger partial charge in [0.05, 0.1) is 0 Å². The molecule has 0 spiro atoms. The van der Waals surface area contributed by atoms with Gasteiger partial charge in [-0.3, -0.25) is 0 Å². The fourth-order valence-corrected chi connectivity index (χ4v) is 5.57. The van der Waals surface area contributed by atoms with Gasteiger partial charge in [0.25, 0.3) is 0 Å². The van der Waals surface area contributed by atoms with Gasteiger partial charge in [-0.15, -0.1) is 0 Å². The molecule has 3 atom stereocenters. The molecule has 2 rings (SSSR count). The molecule has 0 nitrogen and oxygen atoms in total. The monoisotopic (exact) mass is 292 g/mol. The number of hydrogen-bond donors (Lipinski definition) is 0. The lowest BCUT2D eigenvalue weighted by molar-refractivity contribution is 0.0550. The first kappa shape index (κ1) is 17.4. The normalized spacial score (nSPS) is 38.4. The van der Waals surface area contributed by atoms with Crippen molar-refractivity contribution in [3.8, 4) is 0 Å². The van der Waals surface area contributed by atoms with E-state index in [1.165, 1.54) is 44.9 Å². The van der Waals surface area contributed by atoms with Crippen LogP contribution in [0.1, 0.15) is 86.5 Å². The molecule has 0 bridgehead atoms. The highest BCUT2D eigenvalue weighted by molar-refractivity contribution is 4.88. The van der Waals surface area contributed by atoms with Crippen LogP contribution < -0.4 is 0 Å². The maximum Gasteiger partial charge on any atom is -0.0357 e. The van der Waals surface area contributed by atoms with E-state index in [0.29, 0.717) is 0 Å². The lowest BCUT2D eigenvalue weighted by Crippen LogP contribution is -2.35. The van der Waals surface area contributed by atoms with Gasteiger partial charge in [-0.25, -0.2) is 0 Å². The molecule has 0 N–H and O–H groups in total. The van der Waals surface area contributed by atoms with Crippen LogP contribution >= 0.6 is 0 Å². The van der Waals surface area contributed by atoms with Crippen LogP contribution in [0.3, 0.4) is 0 Å². The fourth-order valence-electron chi connectivity index (χ4n) is 5.57. The first-order valence-corrected chi connectivity index (χ1v) is 9.90. The quantitative estimate of drug-likeness (QED) is 0.535. The van der Waals surface area contributed by atoms with Crippen molar-refractivity contribution < 1.29 is 0 Å². The number of rotatable bonds is 4. The summed E-state index contributed by atoms with van der Waals surface area (Å²) in [5, 5.41) is 0. The molecule has 2 fully saturated rings. The van der Waals surface area contributed by atoms with Gasteiger partial charge in [0, 0.05) is 0 Å². The van der Waals surface area contributed by atoms with Crippen LogP contribution in [0.4, 0.5) is 0 Å². The zero-order valence-electron chi connectivity index (χ0n) is 15.6. The standard InChI is InChI=1S/C21H40/c1-14(2)17-7-9-18(10-8-17)19-11-12-20(15(3)4)21(13-19)16(5)6/h14-21H,7-13H2,1-6H3. The van der Waals surface area contributed by atoms with Crippen LogP contribution in [0.2, 0.25) is 0 Å².